The Morgan fingerprint density at radius 3 is 2.36 bits per heavy atom. The van der Waals surface area contributed by atoms with Gasteiger partial charge in [-0.3, -0.25) is 0 Å². The van der Waals surface area contributed by atoms with Crippen molar-refractivity contribution in [1.29, 1.82) is 0 Å². The number of hydrogen-bond acceptors (Lipinski definition) is 3. The van der Waals surface area contributed by atoms with Gasteiger partial charge in [0, 0.05) is 32.2 Å². The molecule has 0 aliphatic rings. The van der Waals surface area contributed by atoms with Crippen LogP contribution in [0.15, 0.2) is 34.8 Å². The molecule has 2 aromatic rings. The summed E-state index contributed by atoms with van der Waals surface area (Å²) in [4.78, 5) is 0. The predicted octanol–water partition coefficient (Wildman–Crippen LogP) is 6.09. The molecule has 0 saturated heterocycles. The molecular weight excluding hydrogens is 425 g/mol. The molecule has 0 aliphatic heterocycles. The molecule has 0 unspecified atom stereocenters. The fourth-order valence-corrected chi connectivity index (χ4v) is 3.33. The summed E-state index contributed by atoms with van der Waals surface area (Å²) >= 11 is 16.1. The highest BCUT2D eigenvalue weighted by Crippen LogP contribution is 2.37. The molecule has 0 radical (unpaired) electrons. The largest absolute Gasteiger partial charge is 0.493 e. The van der Waals surface area contributed by atoms with E-state index in [1.165, 1.54) is 0 Å². The average Bonchev–Trinajstić information content (AvgIpc) is 2.56. The summed E-state index contributed by atoms with van der Waals surface area (Å²) in [6.07, 6.45) is 0. The number of rotatable bonds is 8. The lowest BCUT2D eigenvalue weighted by Crippen LogP contribution is -2.20. The molecule has 25 heavy (non-hydrogen) atoms. The summed E-state index contributed by atoms with van der Waals surface area (Å²) in [6, 6.07) is 9.25. The van der Waals surface area contributed by atoms with Crippen LogP contribution >= 0.6 is 39.1 Å². The van der Waals surface area contributed by atoms with Gasteiger partial charge >= 0.3 is 0 Å². The van der Waals surface area contributed by atoms with Crippen LogP contribution in [0.2, 0.25) is 10.0 Å². The second kappa shape index (κ2) is 9.67. The van der Waals surface area contributed by atoms with Crippen LogP contribution in [0.25, 0.3) is 0 Å². The van der Waals surface area contributed by atoms with Gasteiger partial charge in [0.2, 0.25) is 0 Å². The van der Waals surface area contributed by atoms with Crippen LogP contribution in [0, 0.1) is 5.92 Å². The van der Waals surface area contributed by atoms with Crippen LogP contribution in [0.4, 0.5) is 0 Å². The van der Waals surface area contributed by atoms with Crippen LogP contribution in [-0.4, -0.2) is 13.7 Å². The Balaban J connectivity index is 2.26. The van der Waals surface area contributed by atoms with Gasteiger partial charge in [0.15, 0.2) is 11.5 Å². The minimum atomic E-state index is 0.266. The fraction of sp³-hybridized carbons (Fsp3) is 0.368. The Labute approximate surface area is 167 Å². The molecule has 0 aromatic heterocycles. The number of benzene rings is 2. The van der Waals surface area contributed by atoms with Crippen LogP contribution in [-0.2, 0) is 13.2 Å². The first kappa shape index (κ1) is 20.4. The first-order valence-electron chi connectivity index (χ1n) is 8.05. The summed E-state index contributed by atoms with van der Waals surface area (Å²) < 4.78 is 12.5. The normalized spacial score (nSPS) is 11.0. The van der Waals surface area contributed by atoms with Gasteiger partial charge < -0.3 is 14.8 Å². The van der Waals surface area contributed by atoms with E-state index in [0.717, 1.165) is 22.1 Å². The van der Waals surface area contributed by atoms with Crippen molar-refractivity contribution in [2.24, 2.45) is 5.92 Å². The predicted molar refractivity (Wildman–Crippen MR) is 108 cm³/mol. The maximum atomic E-state index is 6.24. The van der Waals surface area contributed by atoms with E-state index in [1.54, 1.807) is 19.2 Å². The van der Waals surface area contributed by atoms with Gasteiger partial charge in [-0.2, -0.15) is 0 Å². The van der Waals surface area contributed by atoms with Gasteiger partial charge in [-0.15, -0.1) is 0 Å². The smallest absolute Gasteiger partial charge is 0.167 e. The SMILES string of the molecule is COc1ccc(Br)c(CNCC(C)C)c1OCc1c(Cl)cccc1Cl. The standard InChI is InChI=1S/C19H22BrCl2NO2/c1-12(2)9-23-10-13-15(20)7-8-18(24-3)19(13)25-11-14-16(21)5-4-6-17(14)22/h4-8,12,23H,9-11H2,1-3H3. The maximum absolute atomic E-state index is 6.24. The maximum Gasteiger partial charge on any atom is 0.167 e. The third-order valence-electron chi connectivity index (χ3n) is 3.66. The molecular formula is C19H22BrCl2NO2. The first-order chi connectivity index (χ1) is 11.9. The molecule has 2 aromatic carbocycles. The molecule has 0 fully saturated rings. The van der Waals surface area contributed by atoms with Crippen molar-refractivity contribution < 1.29 is 9.47 Å². The van der Waals surface area contributed by atoms with Gasteiger partial charge in [0.05, 0.1) is 7.11 Å². The van der Waals surface area contributed by atoms with Gasteiger partial charge in [-0.25, -0.2) is 0 Å². The highest BCUT2D eigenvalue weighted by Gasteiger charge is 2.16. The Kier molecular flexibility index (Phi) is 7.88. The fourth-order valence-electron chi connectivity index (χ4n) is 2.37. The number of halogens is 3. The third-order valence-corrected chi connectivity index (χ3v) is 5.12. The lowest BCUT2D eigenvalue weighted by atomic mass is 10.1. The first-order valence-corrected chi connectivity index (χ1v) is 9.60. The van der Waals surface area contributed by atoms with Crippen LogP contribution in [0.5, 0.6) is 11.5 Å². The zero-order chi connectivity index (χ0) is 18.4. The van der Waals surface area contributed by atoms with E-state index in [9.17, 15) is 0 Å². The lowest BCUT2D eigenvalue weighted by molar-refractivity contribution is 0.280. The van der Waals surface area contributed by atoms with Crippen molar-refractivity contribution in [3.8, 4) is 11.5 Å². The summed E-state index contributed by atoms with van der Waals surface area (Å²) in [6.45, 7) is 6.19. The van der Waals surface area contributed by atoms with Crippen molar-refractivity contribution in [2.45, 2.75) is 27.0 Å². The van der Waals surface area contributed by atoms with Gasteiger partial charge in [-0.05, 0) is 36.7 Å². The van der Waals surface area contributed by atoms with Gasteiger partial charge in [-0.1, -0.05) is 59.0 Å². The van der Waals surface area contributed by atoms with Crippen LogP contribution < -0.4 is 14.8 Å². The zero-order valence-corrected chi connectivity index (χ0v) is 17.6. The van der Waals surface area contributed by atoms with E-state index in [0.29, 0.717) is 34.0 Å². The number of methoxy groups -OCH3 is 1. The average molecular weight is 447 g/mol. The Morgan fingerprint density at radius 1 is 1.08 bits per heavy atom. The minimum Gasteiger partial charge on any atom is -0.493 e. The van der Waals surface area contributed by atoms with Crippen molar-refractivity contribution >= 4 is 39.1 Å². The molecule has 0 bridgehead atoms. The molecule has 0 heterocycles. The highest BCUT2D eigenvalue weighted by molar-refractivity contribution is 9.10. The molecule has 0 amide bonds. The monoisotopic (exact) mass is 445 g/mol. The number of ether oxygens (including phenoxy) is 2. The van der Waals surface area contributed by atoms with Crippen LogP contribution in [0.1, 0.15) is 25.0 Å². The second-order valence-corrected chi connectivity index (χ2v) is 7.74. The lowest BCUT2D eigenvalue weighted by Gasteiger charge is -2.18. The minimum absolute atomic E-state index is 0.266. The molecule has 1 N–H and O–H groups in total. The van der Waals surface area contributed by atoms with Crippen LogP contribution in [0.3, 0.4) is 0 Å². The molecule has 0 spiro atoms. The van der Waals surface area contributed by atoms with Gasteiger partial charge in [0.1, 0.15) is 6.61 Å². The molecule has 2 rings (SSSR count). The van der Waals surface area contributed by atoms with Crippen molar-refractivity contribution in [1.82, 2.24) is 5.32 Å². The number of nitrogens with one attached hydrogen (secondary N) is 1. The summed E-state index contributed by atoms with van der Waals surface area (Å²) in [5, 5.41) is 4.61. The van der Waals surface area contributed by atoms with E-state index in [1.807, 2.05) is 18.2 Å². The highest BCUT2D eigenvalue weighted by atomic mass is 79.9. The van der Waals surface area contributed by atoms with E-state index < -0.39 is 0 Å². The molecule has 6 heteroatoms. The van der Waals surface area contributed by atoms with E-state index in [2.05, 4.69) is 35.1 Å². The molecule has 136 valence electrons. The summed E-state index contributed by atoms with van der Waals surface area (Å²) in [5.41, 5.74) is 1.76. The van der Waals surface area contributed by atoms with E-state index in [-0.39, 0.29) is 6.61 Å². The molecule has 0 atom stereocenters. The quantitative estimate of drug-likeness (QED) is 0.532. The topological polar surface area (TPSA) is 30.5 Å². The molecule has 0 aliphatic carbocycles. The van der Waals surface area contributed by atoms with Crippen molar-refractivity contribution in [2.75, 3.05) is 13.7 Å². The molecule has 3 nitrogen and oxygen atoms in total. The second-order valence-electron chi connectivity index (χ2n) is 6.07. The Bertz CT molecular complexity index is 703. The Morgan fingerprint density at radius 2 is 1.76 bits per heavy atom. The van der Waals surface area contributed by atoms with E-state index in [4.69, 9.17) is 32.7 Å². The third kappa shape index (κ3) is 5.52. The van der Waals surface area contributed by atoms with E-state index >= 15 is 0 Å². The summed E-state index contributed by atoms with van der Waals surface area (Å²) in [5.74, 6) is 1.92. The summed E-state index contributed by atoms with van der Waals surface area (Å²) in [7, 11) is 1.63. The molecule has 0 saturated carbocycles. The number of hydrogen-bond donors (Lipinski definition) is 1. The van der Waals surface area contributed by atoms with Crippen molar-refractivity contribution in [3.05, 3.63) is 56.0 Å². The zero-order valence-electron chi connectivity index (χ0n) is 14.5. The van der Waals surface area contributed by atoms with Gasteiger partial charge in [0.25, 0.3) is 0 Å². The van der Waals surface area contributed by atoms with Crippen molar-refractivity contribution in [3.63, 3.8) is 0 Å². The Hall–Kier alpha value is -0.940.